The van der Waals surface area contributed by atoms with Crippen molar-refractivity contribution in [3.8, 4) is 0 Å². The van der Waals surface area contributed by atoms with Crippen LogP contribution in [0.4, 0.5) is 8.78 Å². The molecule has 1 fully saturated rings. The summed E-state index contributed by atoms with van der Waals surface area (Å²) in [5.74, 6) is 0.222. The van der Waals surface area contributed by atoms with E-state index in [0.29, 0.717) is 0 Å². The molecule has 41 valence electrons. The van der Waals surface area contributed by atoms with E-state index in [1.54, 1.807) is 0 Å². The first kappa shape index (κ1) is 4.97. The summed E-state index contributed by atoms with van der Waals surface area (Å²) in [7, 11) is 0. The molecule has 1 saturated heterocycles. The maximum atomic E-state index is 11.4. The lowest BCUT2D eigenvalue weighted by Gasteiger charge is -2.23. The molecule has 1 radical (unpaired) electrons. The minimum Gasteiger partial charge on any atom is -0.380 e. The Morgan fingerprint density at radius 2 is 2.00 bits per heavy atom. The van der Waals surface area contributed by atoms with Gasteiger partial charge in [-0.15, -0.1) is 0 Å². The summed E-state index contributed by atoms with van der Waals surface area (Å²) < 4.78 is 27.2. The van der Waals surface area contributed by atoms with E-state index < -0.39 is 6.43 Å². The van der Waals surface area contributed by atoms with Gasteiger partial charge in [-0.2, -0.15) is 0 Å². The normalized spacial score (nSPS) is 22.7. The molecule has 1 rings (SSSR count). The Morgan fingerprint density at radius 3 is 2.00 bits per heavy atom. The average molecular weight is 107 g/mol. The molecular weight excluding hydrogens is 102 g/mol. The summed E-state index contributed by atoms with van der Waals surface area (Å²) in [4.78, 5) is 0. The number of hydrogen-bond acceptors (Lipinski definition) is 1. The lowest BCUT2D eigenvalue weighted by atomic mass is 10.1. The van der Waals surface area contributed by atoms with E-state index in [1.807, 2.05) is 0 Å². The third-order valence-corrected chi connectivity index (χ3v) is 0.884. The minimum absolute atomic E-state index is 0.164. The fraction of sp³-hybridized carbons (Fsp3) is 0.750. The van der Waals surface area contributed by atoms with Crippen LogP contribution in [0, 0.1) is 5.92 Å². The molecule has 0 unspecified atom stereocenters. The van der Waals surface area contributed by atoms with Gasteiger partial charge < -0.3 is 4.74 Å². The number of rotatable bonds is 1. The van der Waals surface area contributed by atoms with Crippen molar-refractivity contribution in [1.82, 2.24) is 0 Å². The summed E-state index contributed by atoms with van der Waals surface area (Å²) in [6, 6.07) is 0. The van der Waals surface area contributed by atoms with Gasteiger partial charge in [-0.05, 0) is 0 Å². The molecule has 1 aliphatic heterocycles. The Kier molecular flexibility index (Phi) is 1.23. The highest BCUT2D eigenvalue weighted by Crippen LogP contribution is 2.20. The maximum absolute atomic E-state index is 11.4. The molecule has 0 N–H and O–H groups in total. The van der Waals surface area contributed by atoms with Gasteiger partial charge in [0, 0.05) is 0 Å². The van der Waals surface area contributed by atoms with Crippen LogP contribution < -0.4 is 0 Å². The van der Waals surface area contributed by atoms with Crippen molar-refractivity contribution in [1.29, 1.82) is 0 Å². The van der Waals surface area contributed by atoms with E-state index in [4.69, 9.17) is 0 Å². The second kappa shape index (κ2) is 1.74. The number of alkyl halides is 2. The average Bonchev–Trinajstić information content (AvgIpc) is 1.23. The van der Waals surface area contributed by atoms with Crippen LogP contribution in [0.15, 0.2) is 0 Å². The molecule has 3 heteroatoms. The van der Waals surface area contributed by atoms with Crippen molar-refractivity contribution in [2.45, 2.75) is 6.43 Å². The van der Waals surface area contributed by atoms with Crippen LogP contribution in [0.2, 0.25) is 0 Å². The van der Waals surface area contributed by atoms with Gasteiger partial charge >= 0.3 is 0 Å². The van der Waals surface area contributed by atoms with Crippen LogP contribution in [-0.4, -0.2) is 19.6 Å². The lowest BCUT2D eigenvalue weighted by molar-refractivity contribution is -0.00226. The van der Waals surface area contributed by atoms with Gasteiger partial charge in [0.05, 0.1) is 19.1 Å². The van der Waals surface area contributed by atoms with E-state index in [-0.39, 0.29) is 19.1 Å². The first-order valence-electron chi connectivity index (χ1n) is 2.01. The summed E-state index contributed by atoms with van der Waals surface area (Å²) in [5.41, 5.74) is 0. The van der Waals surface area contributed by atoms with Crippen LogP contribution >= 0.6 is 0 Å². The summed E-state index contributed by atoms with van der Waals surface area (Å²) >= 11 is 0. The molecule has 0 aliphatic carbocycles. The SMILES string of the molecule is FC(F)[C]1COC1. The van der Waals surface area contributed by atoms with E-state index in [2.05, 4.69) is 4.74 Å². The van der Waals surface area contributed by atoms with Gasteiger partial charge in [-0.3, -0.25) is 0 Å². The maximum Gasteiger partial charge on any atom is 0.249 e. The zero-order valence-electron chi connectivity index (χ0n) is 3.66. The van der Waals surface area contributed by atoms with Gasteiger partial charge in [-0.25, -0.2) is 8.78 Å². The zero-order valence-corrected chi connectivity index (χ0v) is 3.66. The van der Waals surface area contributed by atoms with Crippen molar-refractivity contribution in [3.63, 3.8) is 0 Å². The van der Waals surface area contributed by atoms with Gasteiger partial charge in [0.2, 0.25) is 6.43 Å². The topological polar surface area (TPSA) is 9.23 Å². The first-order chi connectivity index (χ1) is 3.30. The Hall–Kier alpha value is -0.180. The molecule has 0 saturated carbocycles. The second-order valence-corrected chi connectivity index (χ2v) is 1.45. The number of hydrogen-bond donors (Lipinski definition) is 0. The third-order valence-electron chi connectivity index (χ3n) is 0.884. The predicted octanol–water partition coefficient (Wildman–Crippen LogP) is 0.856. The quantitative estimate of drug-likeness (QED) is 0.482. The highest BCUT2D eigenvalue weighted by atomic mass is 19.3. The molecule has 0 bridgehead atoms. The van der Waals surface area contributed by atoms with Crippen LogP contribution in [0.1, 0.15) is 0 Å². The fourth-order valence-electron chi connectivity index (χ4n) is 0.346. The highest BCUT2D eigenvalue weighted by molar-refractivity contribution is 4.99. The molecule has 1 nitrogen and oxygen atoms in total. The van der Waals surface area contributed by atoms with Crippen molar-refractivity contribution in [3.05, 3.63) is 5.92 Å². The summed E-state index contributed by atoms with van der Waals surface area (Å²) in [5, 5.41) is 0. The van der Waals surface area contributed by atoms with Crippen LogP contribution in [0.5, 0.6) is 0 Å². The fourth-order valence-corrected chi connectivity index (χ4v) is 0.346. The van der Waals surface area contributed by atoms with Crippen LogP contribution in [0.3, 0.4) is 0 Å². The molecule has 1 heterocycles. The smallest absolute Gasteiger partial charge is 0.249 e. The molecule has 0 amide bonds. The zero-order chi connectivity index (χ0) is 5.28. The van der Waals surface area contributed by atoms with E-state index in [1.165, 1.54) is 0 Å². The summed E-state index contributed by atoms with van der Waals surface area (Å²) in [6.07, 6.45) is -2.26. The van der Waals surface area contributed by atoms with Gasteiger partial charge in [0.1, 0.15) is 0 Å². The Labute approximate surface area is 40.3 Å². The molecule has 0 spiro atoms. The van der Waals surface area contributed by atoms with E-state index in [9.17, 15) is 8.78 Å². The molecule has 7 heavy (non-hydrogen) atoms. The number of halogens is 2. The molecule has 0 aromatic carbocycles. The predicted molar refractivity (Wildman–Crippen MR) is 20.1 cm³/mol. The van der Waals surface area contributed by atoms with Crippen molar-refractivity contribution >= 4 is 0 Å². The third kappa shape index (κ3) is 0.881. The minimum atomic E-state index is -2.26. The van der Waals surface area contributed by atoms with Crippen molar-refractivity contribution in [2.24, 2.45) is 0 Å². The molecule has 0 aromatic heterocycles. The Bertz CT molecular complexity index is 60.7. The second-order valence-electron chi connectivity index (χ2n) is 1.45. The van der Waals surface area contributed by atoms with Gasteiger partial charge in [-0.1, -0.05) is 0 Å². The van der Waals surface area contributed by atoms with Crippen LogP contribution in [0.25, 0.3) is 0 Å². The molecule has 0 atom stereocenters. The molecule has 0 aromatic rings. The lowest BCUT2D eigenvalue weighted by Crippen LogP contribution is -2.30. The van der Waals surface area contributed by atoms with Crippen LogP contribution in [-0.2, 0) is 4.74 Å². The molecule has 1 aliphatic rings. The number of ether oxygens (including phenoxy) is 1. The largest absolute Gasteiger partial charge is 0.380 e. The monoisotopic (exact) mass is 107 g/mol. The molecular formula is C4H5F2O. The van der Waals surface area contributed by atoms with E-state index in [0.717, 1.165) is 0 Å². The Balaban J connectivity index is 2.14. The highest BCUT2D eigenvalue weighted by Gasteiger charge is 2.28. The first-order valence-corrected chi connectivity index (χ1v) is 2.01. The van der Waals surface area contributed by atoms with Gasteiger partial charge in [0.15, 0.2) is 0 Å². The van der Waals surface area contributed by atoms with Gasteiger partial charge in [0.25, 0.3) is 0 Å². The summed E-state index contributed by atoms with van der Waals surface area (Å²) in [6.45, 7) is 0.329. The van der Waals surface area contributed by atoms with E-state index >= 15 is 0 Å². The Morgan fingerprint density at radius 1 is 1.43 bits per heavy atom. The van der Waals surface area contributed by atoms with Crippen molar-refractivity contribution in [2.75, 3.05) is 13.2 Å². The van der Waals surface area contributed by atoms with Crippen molar-refractivity contribution < 1.29 is 13.5 Å². The standard InChI is InChI=1S/C4H5F2O/c5-4(6)3-1-7-2-3/h4H,1-2H2.